The minimum atomic E-state index is -3.75. The van der Waals surface area contributed by atoms with E-state index in [9.17, 15) is 17.6 Å². The van der Waals surface area contributed by atoms with Crippen LogP contribution in [-0.4, -0.2) is 32.8 Å². The first kappa shape index (κ1) is 21.6. The Hall–Kier alpha value is -2.68. The predicted molar refractivity (Wildman–Crippen MR) is 107 cm³/mol. The van der Waals surface area contributed by atoms with Crippen LogP contribution >= 0.6 is 0 Å². The van der Waals surface area contributed by atoms with Crippen molar-refractivity contribution in [2.24, 2.45) is 0 Å². The summed E-state index contributed by atoms with van der Waals surface area (Å²) >= 11 is 0. The summed E-state index contributed by atoms with van der Waals surface area (Å²) in [5, 5.41) is 2.60. The number of aromatic nitrogens is 1. The number of amides is 2. The lowest BCUT2D eigenvalue weighted by atomic mass is 9.89. The molecule has 7 nitrogen and oxygen atoms in total. The summed E-state index contributed by atoms with van der Waals surface area (Å²) in [5.41, 5.74) is 2.36. The summed E-state index contributed by atoms with van der Waals surface area (Å²) in [4.78, 5) is 16.3. The van der Waals surface area contributed by atoms with Crippen molar-refractivity contribution in [2.75, 3.05) is 18.7 Å². The van der Waals surface area contributed by atoms with Gasteiger partial charge in [-0.15, -0.1) is 0 Å². The molecule has 0 radical (unpaired) electrons. The number of nitrogens with one attached hydrogen (secondary N) is 2. The minimum absolute atomic E-state index is 0.128. The topological polar surface area (TPSA) is 97.4 Å². The third-order valence-corrected chi connectivity index (χ3v) is 4.69. The summed E-state index contributed by atoms with van der Waals surface area (Å²) in [6.07, 6.45) is 2.77. The van der Waals surface area contributed by atoms with Gasteiger partial charge in [0.2, 0.25) is 15.9 Å². The van der Waals surface area contributed by atoms with E-state index >= 15 is 0 Å². The van der Waals surface area contributed by atoms with Crippen molar-refractivity contribution >= 4 is 21.7 Å². The van der Waals surface area contributed by atoms with Crippen LogP contribution in [0, 0.1) is 5.82 Å². The number of ether oxygens (including phenoxy) is 1. The average Bonchev–Trinajstić information content (AvgIpc) is 2.60. The van der Waals surface area contributed by atoms with Crippen LogP contribution in [0.2, 0.25) is 0 Å². The molecule has 28 heavy (non-hydrogen) atoms. The molecule has 1 aromatic carbocycles. The summed E-state index contributed by atoms with van der Waals surface area (Å²) < 4.78 is 44.7. The number of hydrogen-bond donors (Lipinski definition) is 2. The number of anilines is 1. The van der Waals surface area contributed by atoms with Crippen LogP contribution in [0.1, 0.15) is 37.8 Å². The molecule has 2 N–H and O–H groups in total. The second-order valence-electron chi connectivity index (χ2n) is 6.60. The third kappa shape index (κ3) is 4.98. The number of hydrogen-bond acceptors (Lipinski definition) is 5. The Morgan fingerprint density at radius 2 is 2.00 bits per heavy atom. The molecule has 0 atom stereocenters. The highest BCUT2D eigenvalue weighted by Gasteiger charge is 2.23. The van der Waals surface area contributed by atoms with E-state index in [0.29, 0.717) is 40.2 Å². The lowest BCUT2D eigenvalue weighted by Gasteiger charge is -2.22. The van der Waals surface area contributed by atoms with Crippen LogP contribution in [0.5, 0.6) is 5.88 Å². The Bertz CT molecular complexity index is 991. The van der Waals surface area contributed by atoms with Gasteiger partial charge in [0.05, 0.1) is 19.1 Å². The number of sulfonamides is 1. The molecule has 0 fully saturated rings. The molecule has 0 aliphatic heterocycles. The fraction of sp³-hybridized carbons (Fsp3) is 0.368. The molecule has 0 spiro atoms. The van der Waals surface area contributed by atoms with Crippen molar-refractivity contribution in [1.82, 2.24) is 9.71 Å². The van der Waals surface area contributed by atoms with Crippen LogP contribution in [0.25, 0.3) is 11.1 Å². The number of halogens is 1. The van der Waals surface area contributed by atoms with Gasteiger partial charge in [0.15, 0.2) is 0 Å². The normalized spacial score (nSPS) is 11.4. The van der Waals surface area contributed by atoms with Crippen LogP contribution in [0.4, 0.5) is 14.9 Å². The Morgan fingerprint density at radius 1 is 1.32 bits per heavy atom. The van der Waals surface area contributed by atoms with E-state index in [1.807, 2.05) is 18.6 Å². The highest BCUT2D eigenvalue weighted by atomic mass is 32.2. The van der Waals surface area contributed by atoms with Crippen molar-refractivity contribution in [3.05, 3.63) is 41.3 Å². The van der Waals surface area contributed by atoms with E-state index in [1.54, 1.807) is 19.1 Å². The van der Waals surface area contributed by atoms with E-state index < -0.39 is 21.9 Å². The van der Waals surface area contributed by atoms with Crippen LogP contribution in [-0.2, 0) is 16.4 Å². The van der Waals surface area contributed by atoms with Gasteiger partial charge in [0.1, 0.15) is 5.82 Å². The maximum Gasteiger partial charge on any atom is 0.332 e. The minimum Gasteiger partial charge on any atom is -0.481 e. The number of benzene rings is 1. The van der Waals surface area contributed by atoms with Crippen LogP contribution in [0.15, 0.2) is 24.4 Å². The van der Waals surface area contributed by atoms with Gasteiger partial charge >= 0.3 is 6.03 Å². The molecule has 2 aromatic rings. The summed E-state index contributed by atoms with van der Waals surface area (Å²) in [7, 11) is -2.29. The smallest absolute Gasteiger partial charge is 0.332 e. The number of carbonyl (C=O) groups is 1. The second-order valence-corrected chi connectivity index (χ2v) is 8.35. The molecular weight excluding hydrogens is 385 g/mol. The average molecular weight is 409 g/mol. The molecule has 0 saturated heterocycles. The Kier molecular flexibility index (Phi) is 6.60. The van der Waals surface area contributed by atoms with Gasteiger partial charge in [0, 0.05) is 17.8 Å². The predicted octanol–water partition coefficient (Wildman–Crippen LogP) is 3.66. The zero-order chi connectivity index (χ0) is 21.1. The lowest BCUT2D eigenvalue weighted by Crippen LogP contribution is -2.34. The standard InChI is InChI=1S/C19H24FN3O4S/c1-6-13-15(20)10-14(11(2)3)18(22-19(24)23-28(5,25)26)17(13)12-7-8-21-16(9-12)27-4/h7-11H,6H2,1-5H3,(H2,22,23,24). The Morgan fingerprint density at radius 3 is 2.54 bits per heavy atom. The molecule has 2 rings (SSSR count). The second kappa shape index (κ2) is 8.55. The molecule has 0 unspecified atom stereocenters. The number of methoxy groups -OCH3 is 1. The first-order chi connectivity index (χ1) is 13.1. The molecule has 2 amide bonds. The van der Waals surface area contributed by atoms with Gasteiger partial charge in [0.25, 0.3) is 0 Å². The van der Waals surface area contributed by atoms with E-state index in [4.69, 9.17) is 4.74 Å². The van der Waals surface area contributed by atoms with Crippen molar-refractivity contribution in [2.45, 2.75) is 33.1 Å². The van der Waals surface area contributed by atoms with E-state index in [-0.39, 0.29) is 5.92 Å². The van der Waals surface area contributed by atoms with Crippen molar-refractivity contribution in [1.29, 1.82) is 0 Å². The van der Waals surface area contributed by atoms with Crippen LogP contribution < -0.4 is 14.8 Å². The molecular formula is C19H24FN3O4S. The first-order valence-corrected chi connectivity index (χ1v) is 10.6. The maximum atomic E-state index is 14.9. The Balaban J connectivity index is 2.76. The van der Waals surface area contributed by atoms with E-state index in [1.165, 1.54) is 19.4 Å². The molecule has 0 aliphatic rings. The highest BCUT2D eigenvalue weighted by Crippen LogP contribution is 2.40. The quantitative estimate of drug-likeness (QED) is 0.759. The van der Waals surface area contributed by atoms with Gasteiger partial charge in [-0.1, -0.05) is 20.8 Å². The summed E-state index contributed by atoms with van der Waals surface area (Å²) in [6, 6.07) is 3.78. The molecule has 0 saturated carbocycles. The van der Waals surface area contributed by atoms with Crippen molar-refractivity contribution < 1.29 is 22.3 Å². The van der Waals surface area contributed by atoms with Gasteiger partial charge in [-0.2, -0.15) is 0 Å². The van der Waals surface area contributed by atoms with Crippen LogP contribution in [0.3, 0.4) is 0 Å². The highest BCUT2D eigenvalue weighted by molar-refractivity contribution is 7.89. The van der Waals surface area contributed by atoms with Gasteiger partial charge in [-0.25, -0.2) is 27.3 Å². The molecule has 0 aliphatic carbocycles. The molecule has 9 heteroatoms. The fourth-order valence-electron chi connectivity index (χ4n) is 2.95. The first-order valence-electron chi connectivity index (χ1n) is 8.71. The Labute approximate surface area is 164 Å². The molecule has 1 heterocycles. The number of rotatable bonds is 6. The number of urea groups is 1. The van der Waals surface area contributed by atoms with E-state index in [2.05, 4.69) is 10.3 Å². The molecule has 1 aromatic heterocycles. The molecule has 152 valence electrons. The van der Waals surface area contributed by atoms with Gasteiger partial charge in [-0.3, -0.25) is 0 Å². The largest absolute Gasteiger partial charge is 0.481 e. The van der Waals surface area contributed by atoms with Crippen molar-refractivity contribution in [3.8, 4) is 17.0 Å². The third-order valence-electron chi connectivity index (χ3n) is 4.14. The monoisotopic (exact) mass is 409 g/mol. The van der Waals surface area contributed by atoms with Gasteiger partial charge in [-0.05, 0) is 41.2 Å². The zero-order valence-electron chi connectivity index (χ0n) is 16.5. The van der Waals surface area contributed by atoms with Crippen molar-refractivity contribution in [3.63, 3.8) is 0 Å². The zero-order valence-corrected chi connectivity index (χ0v) is 17.3. The maximum absolute atomic E-state index is 14.9. The number of nitrogens with zero attached hydrogens (tertiary/aromatic N) is 1. The van der Waals surface area contributed by atoms with E-state index in [0.717, 1.165) is 6.26 Å². The number of pyridine rings is 1. The lowest BCUT2D eigenvalue weighted by molar-refractivity contribution is 0.256. The van der Waals surface area contributed by atoms with Gasteiger partial charge < -0.3 is 10.1 Å². The fourth-order valence-corrected chi connectivity index (χ4v) is 3.34. The summed E-state index contributed by atoms with van der Waals surface area (Å²) in [6.45, 7) is 5.52. The summed E-state index contributed by atoms with van der Waals surface area (Å²) in [5.74, 6) is -0.191. The SMILES string of the molecule is CCc1c(F)cc(C(C)C)c(NC(=O)NS(C)(=O)=O)c1-c1ccnc(OC)c1. The molecule has 0 bridgehead atoms. The number of carbonyl (C=O) groups excluding carboxylic acids is 1.